The maximum atomic E-state index is 6.21. The summed E-state index contributed by atoms with van der Waals surface area (Å²) in [6.07, 6.45) is 6.51. The first-order chi connectivity index (χ1) is 14.7. The van der Waals surface area contributed by atoms with Gasteiger partial charge in [0.05, 0.1) is 13.2 Å². The highest BCUT2D eigenvalue weighted by molar-refractivity contribution is 5.84. The van der Waals surface area contributed by atoms with E-state index in [0.717, 1.165) is 18.1 Å². The third kappa shape index (κ3) is 4.81. The number of nitrogen functional groups attached to an aromatic ring is 1. The molecule has 0 spiro atoms. The number of ether oxygens (including phenoxy) is 2. The summed E-state index contributed by atoms with van der Waals surface area (Å²) in [4.78, 5) is 13.6. The SMILES string of the molecule is COCCOc1nc(N)c2nc(NCC3CCCCC3)n(Cc3ccccc3)c2n1. The minimum Gasteiger partial charge on any atom is -0.461 e. The van der Waals surface area contributed by atoms with Crippen molar-refractivity contribution in [2.45, 2.75) is 38.6 Å². The number of nitrogens with one attached hydrogen (secondary N) is 1. The Morgan fingerprint density at radius 2 is 1.87 bits per heavy atom. The summed E-state index contributed by atoms with van der Waals surface area (Å²) in [5.41, 5.74) is 8.64. The van der Waals surface area contributed by atoms with Crippen molar-refractivity contribution < 1.29 is 9.47 Å². The van der Waals surface area contributed by atoms with Crippen LogP contribution in [-0.2, 0) is 11.3 Å². The third-order valence-corrected chi connectivity index (χ3v) is 5.58. The van der Waals surface area contributed by atoms with Gasteiger partial charge in [-0.05, 0) is 24.3 Å². The molecule has 0 bridgehead atoms. The fourth-order valence-electron chi connectivity index (χ4n) is 3.96. The second kappa shape index (κ2) is 9.75. The zero-order valence-electron chi connectivity index (χ0n) is 17.5. The lowest BCUT2D eigenvalue weighted by Crippen LogP contribution is -2.19. The van der Waals surface area contributed by atoms with Crippen molar-refractivity contribution in [1.29, 1.82) is 0 Å². The van der Waals surface area contributed by atoms with Gasteiger partial charge in [0, 0.05) is 13.7 Å². The smallest absolute Gasteiger partial charge is 0.320 e. The predicted molar refractivity (Wildman–Crippen MR) is 118 cm³/mol. The summed E-state index contributed by atoms with van der Waals surface area (Å²) in [5.74, 6) is 1.77. The molecule has 1 aliphatic carbocycles. The Bertz CT molecular complexity index is 953. The van der Waals surface area contributed by atoms with Gasteiger partial charge in [-0.1, -0.05) is 49.6 Å². The maximum absolute atomic E-state index is 6.21. The summed E-state index contributed by atoms with van der Waals surface area (Å²) in [6, 6.07) is 10.5. The highest BCUT2D eigenvalue weighted by Gasteiger charge is 2.19. The summed E-state index contributed by atoms with van der Waals surface area (Å²) in [5, 5.41) is 3.56. The quantitative estimate of drug-likeness (QED) is 0.521. The van der Waals surface area contributed by atoms with E-state index in [2.05, 4.69) is 32.0 Å². The van der Waals surface area contributed by atoms with Crippen LogP contribution < -0.4 is 15.8 Å². The van der Waals surface area contributed by atoms with E-state index < -0.39 is 0 Å². The van der Waals surface area contributed by atoms with Gasteiger partial charge in [-0.3, -0.25) is 4.57 Å². The number of anilines is 2. The van der Waals surface area contributed by atoms with Crippen LogP contribution in [0.1, 0.15) is 37.7 Å². The van der Waals surface area contributed by atoms with Gasteiger partial charge < -0.3 is 20.5 Å². The van der Waals surface area contributed by atoms with Gasteiger partial charge in [-0.25, -0.2) is 4.98 Å². The average molecular weight is 411 g/mol. The molecule has 0 unspecified atom stereocenters. The van der Waals surface area contributed by atoms with E-state index in [-0.39, 0.29) is 6.01 Å². The summed E-state index contributed by atoms with van der Waals surface area (Å²) in [6.45, 7) is 2.36. The molecule has 3 N–H and O–H groups in total. The first-order valence-corrected chi connectivity index (χ1v) is 10.7. The molecular formula is C22H30N6O2. The highest BCUT2D eigenvalue weighted by atomic mass is 16.5. The molecule has 0 aliphatic heterocycles. The van der Waals surface area contributed by atoms with Crippen LogP contribution >= 0.6 is 0 Å². The van der Waals surface area contributed by atoms with Crippen LogP contribution in [0.3, 0.4) is 0 Å². The second-order valence-electron chi connectivity index (χ2n) is 7.80. The van der Waals surface area contributed by atoms with Gasteiger partial charge in [-0.15, -0.1) is 0 Å². The van der Waals surface area contributed by atoms with Crippen molar-refractivity contribution in [3.63, 3.8) is 0 Å². The number of nitrogens with two attached hydrogens (primary N) is 1. The Morgan fingerprint density at radius 1 is 1.07 bits per heavy atom. The highest BCUT2D eigenvalue weighted by Crippen LogP contribution is 2.27. The Morgan fingerprint density at radius 3 is 2.63 bits per heavy atom. The van der Waals surface area contributed by atoms with Crippen LogP contribution in [-0.4, -0.2) is 46.4 Å². The van der Waals surface area contributed by atoms with E-state index in [9.17, 15) is 0 Å². The number of aromatic nitrogens is 4. The number of benzene rings is 1. The number of nitrogens with zero attached hydrogens (tertiary/aromatic N) is 4. The summed E-state index contributed by atoms with van der Waals surface area (Å²) >= 11 is 0. The summed E-state index contributed by atoms with van der Waals surface area (Å²) < 4.78 is 12.7. The summed E-state index contributed by atoms with van der Waals surface area (Å²) in [7, 11) is 1.63. The lowest BCUT2D eigenvalue weighted by atomic mass is 9.89. The van der Waals surface area contributed by atoms with Crippen LogP contribution in [0, 0.1) is 5.92 Å². The van der Waals surface area contributed by atoms with Crippen molar-refractivity contribution in [3.05, 3.63) is 35.9 Å². The van der Waals surface area contributed by atoms with Gasteiger partial charge >= 0.3 is 6.01 Å². The van der Waals surface area contributed by atoms with Crippen LogP contribution in [0.4, 0.5) is 11.8 Å². The normalized spacial score (nSPS) is 14.8. The van der Waals surface area contributed by atoms with Crippen LogP contribution in [0.5, 0.6) is 6.01 Å². The van der Waals surface area contributed by atoms with E-state index in [1.165, 1.54) is 32.1 Å². The van der Waals surface area contributed by atoms with Gasteiger partial charge in [-0.2, -0.15) is 9.97 Å². The predicted octanol–water partition coefficient (Wildman–Crippen LogP) is 3.47. The Balaban J connectivity index is 1.65. The minimum atomic E-state index is 0.241. The molecule has 2 aromatic heterocycles. The lowest BCUT2D eigenvalue weighted by molar-refractivity contribution is 0.141. The molecule has 4 rings (SSSR count). The number of hydrogen-bond acceptors (Lipinski definition) is 7. The maximum Gasteiger partial charge on any atom is 0.320 e. The number of methoxy groups -OCH3 is 1. The largest absolute Gasteiger partial charge is 0.461 e. The third-order valence-electron chi connectivity index (χ3n) is 5.58. The Hall–Kier alpha value is -2.87. The van der Waals surface area contributed by atoms with Gasteiger partial charge in [0.1, 0.15) is 6.61 Å². The standard InChI is InChI=1S/C22H30N6O2/c1-29-12-13-30-22-26-19(23)18-20(27-22)28(15-17-10-6-3-7-11-17)21(25-18)24-14-16-8-4-2-5-9-16/h3,6-7,10-11,16H,2,4-5,8-9,12-15H2,1H3,(H,24,25)(H2,23,26,27). The van der Waals surface area contributed by atoms with E-state index in [4.69, 9.17) is 20.2 Å². The molecule has 8 nitrogen and oxygen atoms in total. The van der Waals surface area contributed by atoms with E-state index in [1.807, 2.05) is 18.2 Å². The number of rotatable bonds is 9. The van der Waals surface area contributed by atoms with Gasteiger partial charge in [0.15, 0.2) is 17.0 Å². The van der Waals surface area contributed by atoms with Crippen molar-refractivity contribution in [1.82, 2.24) is 19.5 Å². The molecule has 1 fully saturated rings. The number of hydrogen-bond donors (Lipinski definition) is 2. The minimum absolute atomic E-state index is 0.241. The fourth-order valence-corrected chi connectivity index (χ4v) is 3.96. The van der Waals surface area contributed by atoms with Crippen molar-refractivity contribution >= 4 is 22.9 Å². The van der Waals surface area contributed by atoms with Crippen molar-refractivity contribution in [3.8, 4) is 6.01 Å². The molecule has 160 valence electrons. The molecular weight excluding hydrogens is 380 g/mol. The van der Waals surface area contributed by atoms with Gasteiger partial charge in [0.25, 0.3) is 0 Å². The fraction of sp³-hybridized carbons (Fsp3) is 0.500. The monoisotopic (exact) mass is 410 g/mol. The first kappa shape index (κ1) is 20.4. The molecule has 30 heavy (non-hydrogen) atoms. The first-order valence-electron chi connectivity index (χ1n) is 10.7. The number of fused-ring (bicyclic) bond motifs is 1. The molecule has 1 aliphatic rings. The topological polar surface area (TPSA) is 100 Å². The van der Waals surface area contributed by atoms with Crippen LogP contribution in [0.25, 0.3) is 11.2 Å². The molecule has 0 amide bonds. The Labute approximate surface area is 176 Å². The molecule has 2 heterocycles. The Kier molecular flexibility index (Phi) is 6.63. The zero-order valence-corrected chi connectivity index (χ0v) is 17.5. The van der Waals surface area contributed by atoms with Crippen molar-refractivity contribution in [2.75, 3.05) is 37.9 Å². The average Bonchev–Trinajstić information content (AvgIpc) is 3.12. The molecule has 0 radical (unpaired) electrons. The van der Waals surface area contributed by atoms with Gasteiger partial charge in [0.2, 0.25) is 5.95 Å². The lowest BCUT2D eigenvalue weighted by Gasteiger charge is -2.22. The van der Waals surface area contributed by atoms with Crippen molar-refractivity contribution in [2.24, 2.45) is 5.92 Å². The van der Waals surface area contributed by atoms with Crippen LogP contribution in [0.2, 0.25) is 0 Å². The number of imidazole rings is 1. The molecule has 0 saturated heterocycles. The van der Waals surface area contributed by atoms with E-state index >= 15 is 0 Å². The second-order valence-corrected chi connectivity index (χ2v) is 7.80. The van der Waals surface area contributed by atoms with E-state index in [1.54, 1.807) is 7.11 Å². The molecule has 0 atom stereocenters. The molecule has 8 heteroatoms. The molecule has 1 aromatic carbocycles. The van der Waals surface area contributed by atoms with Crippen LogP contribution in [0.15, 0.2) is 30.3 Å². The van der Waals surface area contributed by atoms with E-state index in [0.29, 0.717) is 42.7 Å². The zero-order chi connectivity index (χ0) is 20.8. The molecule has 1 saturated carbocycles. The molecule has 3 aromatic rings.